The molecule has 0 saturated carbocycles. The van der Waals surface area contributed by atoms with E-state index in [-0.39, 0.29) is 5.92 Å². The first-order valence-electron chi connectivity index (χ1n) is 6.78. The van der Waals surface area contributed by atoms with Gasteiger partial charge in [0.15, 0.2) is 0 Å². The van der Waals surface area contributed by atoms with Crippen molar-refractivity contribution in [3.05, 3.63) is 35.9 Å². The number of amides is 1. The lowest BCUT2D eigenvalue weighted by Gasteiger charge is -2.22. The lowest BCUT2D eigenvalue weighted by atomic mass is 9.98. The zero-order valence-corrected chi connectivity index (χ0v) is 11.9. The van der Waals surface area contributed by atoms with Gasteiger partial charge in [0.2, 0.25) is 5.91 Å². The van der Waals surface area contributed by atoms with Crippen LogP contribution < -0.4 is 11.1 Å². The standard InChI is InChI=1S/C15H22N2O3/c1-3-10(2)13(15(19)20)17-14(18)12(16)9-11-7-5-4-6-8-11/h4-8,10,12-13H,3,9,16H2,1-2H3,(H,17,18)(H,19,20)/t10?,12-,13?/m1/s1. The van der Waals surface area contributed by atoms with E-state index in [1.807, 2.05) is 37.3 Å². The summed E-state index contributed by atoms with van der Waals surface area (Å²) in [5.41, 5.74) is 6.78. The van der Waals surface area contributed by atoms with Crippen LogP contribution in [0.15, 0.2) is 30.3 Å². The number of nitrogens with two attached hydrogens (primary N) is 1. The van der Waals surface area contributed by atoms with E-state index in [1.165, 1.54) is 0 Å². The predicted molar refractivity (Wildman–Crippen MR) is 77.1 cm³/mol. The fourth-order valence-electron chi connectivity index (χ4n) is 1.90. The second kappa shape index (κ2) is 7.65. The van der Waals surface area contributed by atoms with Crippen LogP contribution in [0.1, 0.15) is 25.8 Å². The van der Waals surface area contributed by atoms with Crippen molar-refractivity contribution >= 4 is 11.9 Å². The van der Waals surface area contributed by atoms with Crippen LogP contribution in [0.25, 0.3) is 0 Å². The van der Waals surface area contributed by atoms with Crippen molar-refractivity contribution in [2.45, 2.75) is 38.8 Å². The highest BCUT2D eigenvalue weighted by Crippen LogP contribution is 2.09. The monoisotopic (exact) mass is 278 g/mol. The molecule has 0 radical (unpaired) electrons. The Hall–Kier alpha value is -1.88. The molecule has 0 aliphatic heterocycles. The molecule has 0 saturated heterocycles. The fourth-order valence-corrected chi connectivity index (χ4v) is 1.90. The van der Waals surface area contributed by atoms with Gasteiger partial charge in [0.1, 0.15) is 6.04 Å². The van der Waals surface area contributed by atoms with Crippen LogP contribution >= 0.6 is 0 Å². The van der Waals surface area contributed by atoms with Gasteiger partial charge in [-0.25, -0.2) is 4.79 Å². The van der Waals surface area contributed by atoms with Crippen LogP contribution in [-0.4, -0.2) is 29.1 Å². The number of carbonyl (C=O) groups is 2. The summed E-state index contributed by atoms with van der Waals surface area (Å²) in [6.45, 7) is 3.68. The summed E-state index contributed by atoms with van der Waals surface area (Å²) in [6.07, 6.45) is 1.06. The summed E-state index contributed by atoms with van der Waals surface area (Å²) in [4.78, 5) is 23.1. The third-order valence-electron chi connectivity index (χ3n) is 3.41. The van der Waals surface area contributed by atoms with Gasteiger partial charge in [0.25, 0.3) is 0 Å². The Kier molecular flexibility index (Phi) is 6.18. The van der Waals surface area contributed by atoms with E-state index in [4.69, 9.17) is 10.8 Å². The topological polar surface area (TPSA) is 92.4 Å². The minimum absolute atomic E-state index is 0.139. The van der Waals surface area contributed by atoms with E-state index < -0.39 is 24.0 Å². The van der Waals surface area contributed by atoms with Gasteiger partial charge < -0.3 is 16.2 Å². The van der Waals surface area contributed by atoms with Gasteiger partial charge in [0, 0.05) is 0 Å². The van der Waals surface area contributed by atoms with Crippen molar-refractivity contribution in [3.8, 4) is 0 Å². The second-order valence-electron chi connectivity index (χ2n) is 5.01. The minimum atomic E-state index is -1.03. The van der Waals surface area contributed by atoms with Gasteiger partial charge in [-0.05, 0) is 17.9 Å². The molecule has 0 aliphatic carbocycles. The largest absolute Gasteiger partial charge is 0.480 e. The molecule has 0 bridgehead atoms. The summed E-state index contributed by atoms with van der Waals surface area (Å²) in [5, 5.41) is 11.7. The van der Waals surface area contributed by atoms with Crippen molar-refractivity contribution < 1.29 is 14.7 Å². The zero-order valence-electron chi connectivity index (χ0n) is 11.9. The smallest absolute Gasteiger partial charge is 0.326 e. The quantitative estimate of drug-likeness (QED) is 0.698. The Morgan fingerprint density at radius 3 is 2.40 bits per heavy atom. The van der Waals surface area contributed by atoms with Crippen LogP contribution in [0.4, 0.5) is 0 Å². The number of aliphatic carboxylic acids is 1. The van der Waals surface area contributed by atoms with Gasteiger partial charge in [-0.3, -0.25) is 4.79 Å². The summed E-state index contributed by atoms with van der Waals surface area (Å²) >= 11 is 0. The molecule has 5 heteroatoms. The number of carboxylic acid groups (broad SMARTS) is 1. The lowest BCUT2D eigenvalue weighted by molar-refractivity contribution is -0.143. The van der Waals surface area contributed by atoms with Crippen molar-refractivity contribution in [3.63, 3.8) is 0 Å². The Labute approximate surface area is 119 Å². The molecule has 0 fully saturated rings. The van der Waals surface area contributed by atoms with E-state index in [1.54, 1.807) is 6.92 Å². The zero-order chi connectivity index (χ0) is 15.1. The van der Waals surface area contributed by atoms with E-state index in [2.05, 4.69) is 5.32 Å². The Morgan fingerprint density at radius 1 is 1.30 bits per heavy atom. The number of rotatable bonds is 7. The molecule has 0 heterocycles. The van der Waals surface area contributed by atoms with Gasteiger partial charge >= 0.3 is 5.97 Å². The molecule has 1 aromatic rings. The number of carbonyl (C=O) groups excluding carboxylic acids is 1. The predicted octanol–water partition coefficient (Wildman–Crippen LogP) is 1.17. The molecule has 20 heavy (non-hydrogen) atoms. The van der Waals surface area contributed by atoms with E-state index in [9.17, 15) is 9.59 Å². The molecular formula is C15H22N2O3. The highest BCUT2D eigenvalue weighted by molar-refractivity contribution is 5.87. The number of benzene rings is 1. The Balaban J connectivity index is 2.62. The average molecular weight is 278 g/mol. The first-order valence-corrected chi connectivity index (χ1v) is 6.78. The Bertz CT molecular complexity index is 448. The second-order valence-corrected chi connectivity index (χ2v) is 5.01. The van der Waals surface area contributed by atoms with Crippen LogP contribution in [-0.2, 0) is 16.0 Å². The van der Waals surface area contributed by atoms with Gasteiger partial charge in [-0.2, -0.15) is 0 Å². The molecule has 1 rings (SSSR count). The molecule has 3 atom stereocenters. The SMILES string of the molecule is CCC(C)C(NC(=O)[C@H](N)Cc1ccccc1)C(=O)O. The average Bonchev–Trinajstić information content (AvgIpc) is 2.44. The molecular weight excluding hydrogens is 256 g/mol. The van der Waals surface area contributed by atoms with Crippen molar-refractivity contribution in [2.75, 3.05) is 0 Å². The molecule has 1 aromatic carbocycles. The molecule has 5 nitrogen and oxygen atoms in total. The third-order valence-corrected chi connectivity index (χ3v) is 3.41. The van der Waals surface area contributed by atoms with Crippen LogP contribution in [0.5, 0.6) is 0 Å². The summed E-state index contributed by atoms with van der Waals surface area (Å²) < 4.78 is 0. The molecule has 4 N–H and O–H groups in total. The number of nitrogens with one attached hydrogen (secondary N) is 1. The molecule has 0 aromatic heterocycles. The van der Waals surface area contributed by atoms with Gasteiger partial charge in [0.05, 0.1) is 6.04 Å². The van der Waals surface area contributed by atoms with Crippen LogP contribution in [0.3, 0.4) is 0 Å². The Morgan fingerprint density at radius 2 is 1.90 bits per heavy atom. The van der Waals surface area contributed by atoms with Crippen LogP contribution in [0.2, 0.25) is 0 Å². The van der Waals surface area contributed by atoms with E-state index in [0.717, 1.165) is 5.56 Å². The molecule has 2 unspecified atom stereocenters. The van der Waals surface area contributed by atoms with Gasteiger partial charge in [-0.1, -0.05) is 50.6 Å². The third kappa shape index (κ3) is 4.66. The number of hydrogen-bond donors (Lipinski definition) is 3. The fraction of sp³-hybridized carbons (Fsp3) is 0.467. The molecule has 0 aliphatic rings. The summed E-state index contributed by atoms with van der Waals surface area (Å²) in [6, 6.07) is 7.77. The maximum atomic E-state index is 12.0. The summed E-state index contributed by atoms with van der Waals surface area (Å²) in [7, 11) is 0. The summed E-state index contributed by atoms with van der Waals surface area (Å²) in [5.74, 6) is -1.60. The molecule has 0 spiro atoms. The molecule has 1 amide bonds. The highest BCUT2D eigenvalue weighted by atomic mass is 16.4. The van der Waals surface area contributed by atoms with E-state index >= 15 is 0 Å². The van der Waals surface area contributed by atoms with Crippen LogP contribution in [0, 0.1) is 5.92 Å². The van der Waals surface area contributed by atoms with E-state index in [0.29, 0.717) is 12.8 Å². The number of hydrogen-bond acceptors (Lipinski definition) is 3. The molecule has 110 valence electrons. The first-order chi connectivity index (χ1) is 9.45. The van der Waals surface area contributed by atoms with Gasteiger partial charge in [-0.15, -0.1) is 0 Å². The number of carboxylic acids is 1. The normalized spacial score (nSPS) is 15.2. The first kappa shape index (κ1) is 16.2. The van der Waals surface area contributed by atoms with Crippen molar-refractivity contribution in [1.82, 2.24) is 5.32 Å². The van der Waals surface area contributed by atoms with Crippen molar-refractivity contribution in [2.24, 2.45) is 11.7 Å². The highest BCUT2D eigenvalue weighted by Gasteiger charge is 2.27. The maximum absolute atomic E-state index is 12.0. The lowest BCUT2D eigenvalue weighted by Crippen LogP contribution is -2.51. The minimum Gasteiger partial charge on any atom is -0.480 e. The maximum Gasteiger partial charge on any atom is 0.326 e. The van der Waals surface area contributed by atoms with Crippen molar-refractivity contribution in [1.29, 1.82) is 0 Å².